The van der Waals surface area contributed by atoms with Crippen molar-refractivity contribution in [3.05, 3.63) is 113 Å². The van der Waals surface area contributed by atoms with Gasteiger partial charge in [-0.15, -0.1) is 0 Å². The Morgan fingerprint density at radius 3 is 2.29 bits per heavy atom. The first-order chi connectivity index (χ1) is 17.0. The van der Waals surface area contributed by atoms with Gasteiger partial charge in [-0.25, -0.2) is 9.78 Å². The third-order valence-corrected chi connectivity index (χ3v) is 6.58. The van der Waals surface area contributed by atoms with Gasteiger partial charge in [-0.3, -0.25) is 0 Å². The van der Waals surface area contributed by atoms with Crippen molar-refractivity contribution < 1.29 is 9.90 Å². The van der Waals surface area contributed by atoms with Crippen LogP contribution in [0.15, 0.2) is 91.0 Å². The van der Waals surface area contributed by atoms with Crippen molar-refractivity contribution in [2.24, 2.45) is 0 Å². The molecule has 0 atom stereocenters. The lowest BCUT2D eigenvalue weighted by Crippen LogP contribution is -2.05. The van der Waals surface area contributed by atoms with Crippen LogP contribution >= 0.6 is 11.6 Å². The topological polar surface area (TPSA) is 55.1 Å². The van der Waals surface area contributed by atoms with E-state index in [1.165, 1.54) is 0 Å². The molecule has 4 aromatic carbocycles. The Kier molecular flexibility index (Phi) is 6.39. The SMILES string of the molecule is CCCc1nc2cc(-c3ccccc3Cl)ccc2n1Cc1ccc(-c2ccccc2C(=O)O)cc1. The standard InChI is InChI=1S/C30H25ClN2O2/c1-2-7-29-32-27-18-22(24-9-5-6-11-26(24)31)16-17-28(27)33(29)19-20-12-14-21(15-13-20)23-8-3-4-10-25(23)30(34)35/h3-6,8-18H,2,7,19H2,1H3,(H,34,35). The average molecular weight is 481 g/mol. The smallest absolute Gasteiger partial charge is 0.336 e. The number of nitrogens with zero attached hydrogens (tertiary/aromatic N) is 2. The molecule has 0 aliphatic carbocycles. The lowest BCUT2D eigenvalue weighted by molar-refractivity contribution is 0.0697. The highest BCUT2D eigenvalue weighted by Gasteiger charge is 2.14. The number of halogens is 1. The van der Waals surface area contributed by atoms with E-state index in [1.54, 1.807) is 12.1 Å². The van der Waals surface area contributed by atoms with Crippen molar-refractivity contribution >= 4 is 28.6 Å². The molecule has 0 saturated carbocycles. The number of carboxylic acids is 1. The minimum absolute atomic E-state index is 0.306. The molecule has 5 heteroatoms. The number of aromatic nitrogens is 2. The second-order valence-electron chi connectivity index (χ2n) is 8.60. The van der Waals surface area contributed by atoms with Gasteiger partial charge in [0.1, 0.15) is 5.82 Å². The summed E-state index contributed by atoms with van der Waals surface area (Å²) in [5, 5.41) is 10.3. The van der Waals surface area contributed by atoms with E-state index in [1.807, 2.05) is 48.5 Å². The highest BCUT2D eigenvalue weighted by molar-refractivity contribution is 6.33. The molecule has 5 rings (SSSR count). The fourth-order valence-corrected chi connectivity index (χ4v) is 4.77. The number of aryl methyl sites for hydroxylation is 1. The van der Waals surface area contributed by atoms with Crippen LogP contribution in [0.4, 0.5) is 0 Å². The predicted octanol–water partition coefficient (Wildman–Crippen LogP) is 7.72. The maximum atomic E-state index is 11.6. The summed E-state index contributed by atoms with van der Waals surface area (Å²) >= 11 is 6.43. The second-order valence-corrected chi connectivity index (χ2v) is 9.00. The first kappa shape index (κ1) is 22.9. The number of imidazole rings is 1. The van der Waals surface area contributed by atoms with E-state index in [2.05, 4.69) is 41.8 Å². The molecule has 0 radical (unpaired) electrons. The van der Waals surface area contributed by atoms with Crippen LogP contribution in [0.1, 0.15) is 35.1 Å². The van der Waals surface area contributed by atoms with Crippen molar-refractivity contribution in [3.8, 4) is 22.3 Å². The summed E-state index contributed by atoms with van der Waals surface area (Å²) in [6.45, 7) is 2.85. The normalized spacial score (nSPS) is 11.1. The minimum Gasteiger partial charge on any atom is -0.478 e. The number of hydrogen-bond acceptors (Lipinski definition) is 2. The predicted molar refractivity (Wildman–Crippen MR) is 142 cm³/mol. The van der Waals surface area contributed by atoms with E-state index >= 15 is 0 Å². The fraction of sp³-hybridized carbons (Fsp3) is 0.133. The van der Waals surface area contributed by atoms with Gasteiger partial charge in [0.25, 0.3) is 0 Å². The number of carbonyl (C=O) groups is 1. The Morgan fingerprint density at radius 2 is 1.57 bits per heavy atom. The van der Waals surface area contributed by atoms with E-state index in [0.29, 0.717) is 12.1 Å². The van der Waals surface area contributed by atoms with Gasteiger partial charge in [-0.05, 0) is 52.9 Å². The summed E-state index contributed by atoms with van der Waals surface area (Å²) in [6.07, 6.45) is 1.89. The highest BCUT2D eigenvalue weighted by atomic mass is 35.5. The van der Waals surface area contributed by atoms with Crippen molar-refractivity contribution in [3.63, 3.8) is 0 Å². The van der Waals surface area contributed by atoms with Gasteiger partial charge in [0.15, 0.2) is 0 Å². The molecule has 5 aromatic rings. The molecule has 0 amide bonds. The van der Waals surface area contributed by atoms with Gasteiger partial charge in [0, 0.05) is 23.6 Å². The summed E-state index contributed by atoms with van der Waals surface area (Å²) in [5.41, 5.74) is 7.15. The molecule has 0 aliphatic rings. The van der Waals surface area contributed by atoms with Crippen molar-refractivity contribution in [2.75, 3.05) is 0 Å². The number of rotatable bonds is 7. The summed E-state index contributed by atoms with van der Waals surface area (Å²) < 4.78 is 2.27. The second kappa shape index (κ2) is 9.77. The van der Waals surface area contributed by atoms with Crippen LogP contribution in [-0.2, 0) is 13.0 Å². The monoisotopic (exact) mass is 480 g/mol. The van der Waals surface area contributed by atoms with E-state index < -0.39 is 5.97 Å². The lowest BCUT2D eigenvalue weighted by atomic mass is 9.98. The maximum Gasteiger partial charge on any atom is 0.336 e. The molecule has 1 aromatic heterocycles. The fourth-order valence-electron chi connectivity index (χ4n) is 4.53. The first-order valence-corrected chi connectivity index (χ1v) is 12.1. The maximum absolute atomic E-state index is 11.6. The van der Waals surface area contributed by atoms with E-state index in [9.17, 15) is 9.90 Å². The Balaban J connectivity index is 1.49. The van der Waals surface area contributed by atoms with E-state index in [-0.39, 0.29) is 0 Å². The molecular formula is C30H25ClN2O2. The van der Waals surface area contributed by atoms with Crippen LogP contribution in [0.3, 0.4) is 0 Å². The highest BCUT2D eigenvalue weighted by Crippen LogP contribution is 2.31. The van der Waals surface area contributed by atoms with Crippen molar-refractivity contribution in [1.29, 1.82) is 0 Å². The van der Waals surface area contributed by atoms with Gasteiger partial charge in [0.2, 0.25) is 0 Å². The molecule has 35 heavy (non-hydrogen) atoms. The van der Waals surface area contributed by atoms with Crippen LogP contribution in [0.25, 0.3) is 33.3 Å². The molecule has 0 bridgehead atoms. The lowest BCUT2D eigenvalue weighted by Gasteiger charge is -2.11. The molecule has 0 fully saturated rings. The third-order valence-electron chi connectivity index (χ3n) is 6.25. The number of carboxylic acid groups (broad SMARTS) is 1. The van der Waals surface area contributed by atoms with E-state index in [0.717, 1.165) is 62.5 Å². The largest absolute Gasteiger partial charge is 0.478 e. The number of fused-ring (bicyclic) bond motifs is 1. The summed E-state index contributed by atoms with van der Waals surface area (Å²) in [7, 11) is 0. The van der Waals surface area contributed by atoms with Crippen LogP contribution < -0.4 is 0 Å². The summed E-state index contributed by atoms with van der Waals surface area (Å²) in [5.74, 6) is 0.133. The Labute approximate surface area is 209 Å². The molecular weight excluding hydrogens is 456 g/mol. The van der Waals surface area contributed by atoms with Gasteiger partial charge in [-0.2, -0.15) is 0 Å². The van der Waals surface area contributed by atoms with Crippen LogP contribution in [0, 0.1) is 0 Å². The molecule has 1 N–H and O–H groups in total. The van der Waals surface area contributed by atoms with Crippen LogP contribution in [0.2, 0.25) is 5.02 Å². The molecule has 0 saturated heterocycles. The Bertz CT molecular complexity index is 1520. The summed E-state index contributed by atoms with van der Waals surface area (Å²) in [6, 6.07) is 29.4. The first-order valence-electron chi connectivity index (χ1n) is 11.7. The number of hydrogen-bond donors (Lipinski definition) is 1. The zero-order chi connectivity index (χ0) is 24.4. The van der Waals surface area contributed by atoms with Crippen molar-refractivity contribution in [1.82, 2.24) is 9.55 Å². The Hall–Kier alpha value is -3.89. The molecule has 1 heterocycles. The van der Waals surface area contributed by atoms with Crippen LogP contribution in [-0.4, -0.2) is 20.6 Å². The minimum atomic E-state index is -0.921. The third kappa shape index (κ3) is 4.58. The summed E-state index contributed by atoms with van der Waals surface area (Å²) in [4.78, 5) is 16.6. The molecule has 0 unspecified atom stereocenters. The van der Waals surface area contributed by atoms with Gasteiger partial charge >= 0.3 is 5.97 Å². The molecule has 0 spiro atoms. The zero-order valence-corrected chi connectivity index (χ0v) is 20.2. The van der Waals surface area contributed by atoms with Gasteiger partial charge < -0.3 is 9.67 Å². The molecule has 174 valence electrons. The Morgan fingerprint density at radius 1 is 0.886 bits per heavy atom. The number of benzene rings is 4. The van der Waals surface area contributed by atoms with Crippen LogP contribution in [0.5, 0.6) is 0 Å². The zero-order valence-electron chi connectivity index (χ0n) is 19.4. The quantitative estimate of drug-likeness (QED) is 0.259. The number of aromatic carboxylic acids is 1. The van der Waals surface area contributed by atoms with Crippen molar-refractivity contribution in [2.45, 2.75) is 26.3 Å². The van der Waals surface area contributed by atoms with E-state index in [4.69, 9.17) is 16.6 Å². The molecule has 4 nitrogen and oxygen atoms in total. The van der Waals surface area contributed by atoms with Gasteiger partial charge in [0.05, 0.1) is 16.6 Å². The molecule has 0 aliphatic heterocycles. The van der Waals surface area contributed by atoms with Gasteiger partial charge in [-0.1, -0.05) is 85.3 Å². The average Bonchev–Trinajstić information content (AvgIpc) is 3.21.